The van der Waals surface area contributed by atoms with Crippen molar-refractivity contribution in [2.24, 2.45) is 0 Å². The van der Waals surface area contributed by atoms with Crippen LogP contribution >= 0.6 is 11.6 Å². The average Bonchev–Trinajstić information content (AvgIpc) is 2.97. The molecule has 0 bridgehead atoms. The molecule has 0 unspecified atom stereocenters. The van der Waals surface area contributed by atoms with Gasteiger partial charge in [0.2, 0.25) is 0 Å². The van der Waals surface area contributed by atoms with Crippen LogP contribution in [0.5, 0.6) is 0 Å². The molecule has 10 nitrogen and oxygen atoms in total. The molecule has 0 radical (unpaired) electrons. The van der Waals surface area contributed by atoms with Gasteiger partial charge in [0.15, 0.2) is 0 Å². The Balaban J connectivity index is 0.000000521. The van der Waals surface area contributed by atoms with Crippen LogP contribution in [-0.4, -0.2) is 60.3 Å². The number of nitrogens with zero attached hydrogens (tertiary/aromatic N) is 1. The number of carboxylic acid groups (broad SMARTS) is 2. The number of carbonyl (C=O) groups is 4. The SMILES string of the molecule is CCOC(=O)/C=C/CNCCCN1c2cc(Cl)ccc2NC(=O)c2ccccc21.O=C(O)/C=C\C(=O)O. The van der Waals surface area contributed by atoms with E-state index in [0.717, 1.165) is 30.0 Å². The number of anilines is 3. The molecule has 37 heavy (non-hydrogen) atoms. The third-order valence-corrected chi connectivity index (χ3v) is 5.08. The molecule has 11 heteroatoms. The van der Waals surface area contributed by atoms with Crippen molar-refractivity contribution in [3.05, 3.63) is 77.4 Å². The summed E-state index contributed by atoms with van der Waals surface area (Å²) in [5.74, 6) is -2.98. The Hall–Kier alpha value is -4.15. The first-order valence-corrected chi connectivity index (χ1v) is 11.8. The van der Waals surface area contributed by atoms with Crippen LogP contribution < -0.4 is 15.5 Å². The summed E-state index contributed by atoms with van der Waals surface area (Å²) in [5.41, 5.74) is 3.09. The molecule has 2 aromatic carbocycles. The lowest BCUT2D eigenvalue weighted by Gasteiger charge is -2.26. The predicted molar refractivity (Wildman–Crippen MR) is 141 cm³/mol. The van der Waals surface area contributed by atoms with E-state index >= 15 is 0 Å². The lowest BCUT2D eigenvalue weighted by atomic mass is 10.1. The van der Waals surface area contributed by atoms with Gasteiger partial charge in [-0.15, -0.1) is 0 Å². The molecular weight excluding hydrogens is 502 g/mol. The minimum absolute atomic E-state index is 0.131. The Labute approximate surface area is 219 Å². The first-order valence-electron chi connectivity index (χ1n) is 11.4. The molecule has 0 aliphatic carbocycles. The predicted octanol–water partition coefficient (Wildman–Crippen LogP) is 3.85. The molecule has 0 saturated heterocycles. The van der Waals surface area contributed by atoms with Crippen LogP contribution in [0, 0.1) is 0 Å². The number of para-hydroxylation sites is 1. The fourth-order valence-electron chi connectivity index (χ4n) is 3.33. The number of ether oxygens (including phenoxy) is 1. The van der Waals surface area contributed by atoms with E-state index in [4.69, 9.17) is 26.6 Å². The van der Waals surface area contributed by atoms with Crippen molar-refractivity contribution in [2.45, 2.75) is 13.3 Å². The van der Waals surface area contributed by atoms with Crippen molar-refractivity contribution >= 4 is 52.5 Å². The van der Waals surface area contributed by atoms with Crippen molar-refractivity contribution in [3.63, 3.8) is 0 Å². The minimum atomic E-state index is -1.26. The van der Waals surface area contributed by atoms with E-state index in [1.807, 2.05) is 36.4 Å². The van der Waals surface area contributed by atoms with Gasteiger partial charge in [-0.25, -0.2) is 14.4 Å². The van der Waals surface area contributed by atoms with E-state index in [2.05, 4.69) is 15.5 Å². The highest BCUT2D eigenvalue weighted by Gasteiger charge is 2.24. The molecule has 0 fully saturated rings. The van der Waals surface area contributed by atoms with Gasteiger partial charge < -0.3 is 30.5 Å². The summed E-state index contributed by atoms with van der Waals surface area (Å²) in [5, 5.41) is 22.5. The van der Waals surface area contributed by atoms with Gasteiger partial charge in [0.25, 0.3) is 5.91 Å². The van der Waals surface area contributed by atoms with Gasteiger partial charge in [-0.05, 0) is 50.2 Å². The number of rotatable bonds is 10. The molecule has 2 aromatic rings. The number of amides is 1. The quantitative estimate of drug-likeness (QED) is 0.205. The molecule has 4 N–H and O–H groups in total. The fraction of sp³-hybridized carbons (Fsp3) is 0.231. The van der Waals surface area contributed by atoms with Crippen molar-refractivity contribution in [1.29, 1.82) is 0 Å². The Morgan fingerprint density at radius 1 is 1.05 bits per heavy atom. The van der Waals surface area contributed by atoms with Crippen LogP contribution in [0.25, 0.3) is 0 Å². The van der Waals surface area contributed by atoms with Crippen LogP contribution in [0.1, 0.15) is 23.7 Å². The molecule has 196 valence electrons. The summed E-state index contributed by atoms with van der Waals surface area (Å²) < 4.78 is 4.84. The third kappa shape index (κ3) is 9.79. The minimum Gasteiger partial charge on any atom is -0.478 e. The number of halogens is 1. The summed E-state index contributed by atoms with van der Waals surface area (Å²) >= 11 is 6.23. The maximum absolute atomic E-state index is 12.6. The fourth-order valence-corrected chi connectivity index (χ4v) is 3.50. The first-order chi connectivity index (χ1) is 17.7. The van der Waals surface area contributed by atoms with Crippen LogP contribution in [0.4, 0.5) is 17.1 Å². The molecule has 0 saturated carbocycles. The van der Waals surface area contributed by atoms with E-state index < -0.39 is 11.9 Å². The highest BCUT2D eigenvalue weighted by atomic mass is 35.5. The zero-order chi connectivity index (χ0) is 27.2. The molecule has 1 aliphatic heterocycles. The van der Waals surface area contributed by atoms with Gasteiger partial charge in [-0.1, -0.05) is 29.8 Å². The molecule has 0 atom stereocenters. The highest BCUT2D eigenvalue weighted by Crippen LogP contribution is 2.39. The lowest BCUT2D eigenvalue weighted by Crippen LogP contribution is -2.24. The summed E-state index contributed by atoms with van der Waals surface area (Å²) in [6.45, 7) is 4.19. The Morgan fingerprint density at radius 3 is 2.43 bits per heavy atom. The number of hydrogen-bond donors (Lipinski definition) is 4. The number of carbonyl (C=O) groups excluding carboxylic acids is 2. The molecule has 0 spiro atoms. The maximum Gasteiger partial charge on any atom is 0.330 e. The van der Waals surface area contributed by atoms with Crippen LogP contribution in [0.2, 0.25) is 5.02 Å². The van der Waals surface area contributed by atoms with E-state index in [1.165, 1.54) is 6.08 Å². The number of hydrogen-bond acceptors (Lipinski definition) is 7. The zero-order valence-electron chi connectivity index (χ0n) is 20.1. The second kappa shape index (κ2) is 15.1. The number of esters is 1. The van der Waals surface area contributed by atoms with Crippen LogP contribution in [0.3, 0.4) is 0 Å². The van der Waals surface area contributed by atoms with Gasteiger partial charge in [-0.3, -0.25) is 4.79 Å². The van der Waals surface area contributed by atoms with Crippen molar-refractivity contribution in [2.75, 3.05) is 36.5 Å². The molecule has 3 rings (SSSR count). The lowest BCUT2D eigenvalue weighted by molar-refractivity contribution is -0.137. The van der Waals surface area contributed by atoms with Gasteiger partial charge in [0, 0.05) is 36.3 Å². The largest absolute Gasteiger partial charge is 0.478 e. The summed E-state index contributed by atoms with van der Waals surface area (Å²) in [6.07, 6.45) is 5.13. The van der Waals surface area contributed by atoms with Crippen molar-refractivity contribution in [3.8, 4) is 0 Å². The molecule has 1 aliphatic rings. The van der Waals surface area contributed by atoms with Gasteiger partial charge in [0.1, 0.15) is 0 Å². The van der Waals surface area contributed by atoms with E-state index in [-0.39, 0.29) is 11.9 Å². The highest BCUT2D eigenvalue weighted by molar-refractivity contribution is 6.31. The number of aliphatic carboxylic acids is 2. The topological polar surface area (TPSA) is 145 Å². The van der Waals surface area contributed by atoms with Gasteiger partial charge in [0.05, 0.1) is 29.2 Å². The maximum atomic E-state index is 12.6. The number of fused-ring (bicyclic) bond motifs is 2. The van der Waals surface area contributed by atoms with Gasteiger partial charge >= 0.3 is 17.9 Å². The average molecular weight is 530 g/mol. The molecule has 1 heterocycles. The second-order valence-electron chi connectivity index (χ2n) is 7.51. The third-order valence-electron chi connectivity index (χ3n) is 4.84. The van der Waals surface area contributed by atoms with E-state index in [1.54, 1.807) is 19.1 Å². The summed E-state index contributed by atoms with van der Waals surface area (Å²) in [7, 11) is 0. The van der Waals surface area contributed by atoms with Crippen molar-refractivity contribution < 1.29 is 34.1 Å². The smallest absolute Gasteiger partial charge is 0.330 e. The number of nitrogens with one attached hydrogen (secondary N) is 2. The Kier molecular flexibility index (Phi) is 11.8. The van der Waals surface area contributed by atoms with Crippen LogP contribution in [-0.2, 0) is 19.1 Å². The monoisotopic (exact) mass is 529 g/mol. The Morgan fingerprint density at radius 2 is 1.76 bits per heavy atom. The zero-order valence-corrected chi connectivity index (χ0v) is 20.9. The molecule has 1 amide bonds. The van der Waals surface area contributed by atoms with Crippen LogP contribution in [0.15, 0.2) is 66.8 Å². The summed E-state index contributed by atoms with van der Waals surface area (Å²) in [4.78, 5) is 45.1. The van der Waals surface area contributed by atoms with E-state index in [9.17, 15) is 19.2 Å². The first kappa shape index (κ1) is 29.1. The molecular formula is C26H28ClN3O7. The van der Waals surface area contributed by atoms with Gasteiger partial charge in [-0.2, -0.15) is 0 Å². The Bertz CT molecular complexity index is 1160. The number of carboxylic acids is 2. The van der Waals surface area contributed by atoms with Crippen molar-refractivity contribution in [1.82, 2.24) is 5.32 Å². The van der Waals surface area contributed by atoms with E-state index in [0.29, 0.717) is 42.4 Å². The normalized spacial score (nSPS) is 12.2. The summed E-state index contributed by atoms with van der Waals surface area (Å²) in [6, 6.07) is 13.0. The second-order valence-corrected chi connectivity index (χ2v) is 7.94. The molecule has 0 aromatic heterocycles. The standard InChI is InChI=1S/C22H24ClN3O3.C4H4O4/c1-2-29-21(27)9-5-12-24-13-6-14-26-19-8-4-3-7-17(19)22(28)25-18-11-10-16(23)15-20(18)26;5-3(6)1-2-4(7)8/h3-5,7-11,15,24H,2,6,12-14H2,1H3,(H,25,28);1-2H,(H,5,6)(H,7,8)/b9-5+;2-1-. The number of benzene rings is 2.